The molecule has 116 valence electrons. The van der Waals surface area contributed by atoms with Crippen LogP contribution in [0, 0.1) is 0 Å². The van der Waals surface area contributed by atoms with Crippen molar-refractivity contribution < 1.29 is 14.9 Å². The van der Waals surface area contributed by atoms with Gasteiger partial charge in [-0.05, 0) is 65.9 Å². The Hall–Kier alpha value is -0.640. The minimum atomic E-state index is -0.713. The Morgan fingerprint density at radius 2 is 1.90 bits per heavy atom. The summed E-state index contributed by atoms with van der Waals surface area (Å²) in [6.07, 6.45) is 8.35. The molecule has 3 heteroatoms. The molecule has 1 fully saturated rings. The molecule has 1 rings (SSSR count). The molecule has 1 aliphatic rings. The van der Waals surface area contributed by atoms with Crippen LogP contribution in [0.4, 0.5) is 0 Å². The summed E-state index contributed by atoms with van der Waals surface area (Å²) in [5.74, 6) is 0. The number of aliphatic hydroxyl groups excluding tert-OH is 1. The van der Waals surface area contributed by atoms with Crippen molar-refractivity contribution in [3.8, 4) is 0 Å². The largest absolute Gasteiger partial charge is 0.394 e. The second kappa shape index (κ2) is 6.88. The van der Waals surface area contributed by atoms with Crippen molar-refractivity contribution in [1.82, 2.24) is 0 Å². The number of rotatable bonds is 8. The van der Waals surface area contributed by atoms with Crippen LogP contribution in [-0.4, -0.2) is 34.1 Å². The Balaban J connectivity index is 2.26. The first-order chi connectivity index (χ1) is 9.19. The highest BCUT2D eigenvalue weighted by molar-refractivity contribution is 5.12. The van der Waals surface area contributed by atoms with Crippen molar-refractivity contribution in [3.63, 3.8) is 0 Å². The fourth-order valence-electron chi connectivity index (χ4n) is 2.21. The summed E-state index contributed by atoms with van der Waals surface area (Å²) < 4.78 is 5.47. The second-order valence-corrected chi connectivity index (χ2v) is 6.68. The zero-order valence-corrected chi connectivity index (χ0v) is 13.6. The van der Waals surface area contributed by atoms with Crippen LogP contribution in [0.1, 0.15) is 60.3 Å². The molecule has 0 unspecified atom stereocenters. The predicted octanol–water partition coefficient (Wildman–Crippen LogP) is 3.36. The van der Waals surface area contributed by atoms with E-state index in [9.17, 15) is 5.11 Å². The van der Waals surface area contributed by atoms with Gasteiger partial charge in [-0.3, -0.25) is 0 Å². The molecule has 1 heterocycles. The van der Waals surface area contributed by atoms with Crippen LogP contribution >= 0.6 is 0 Å². The van der Waals surface area contributed by atoms with Crippen LogP contribution in [0.25, 0.3) is 0 Å². The molecule has 0 aromatic heterocycles. The summed E-state index contributed by atoms with van der Waals surface area (Å²) in [4.78, 5) is 0. The van der Waals surface area contributed by atoms with E-state index in [1.54, 1.807) is 0 Å². The van der Waals surface area contributed by atoms with Gasteiger partial charge in [0, 0.05) is 0 Å². The second-order valence-electron chi connectivity index (χ2n) is 6.68. The van der Waals surface area contributed by atoms with E-state index in [2.05, 4.69) is 26.0 Å². The van der Waals surface area contributed by atoms with Gasteiger partial charge >= 0.3 is 0 Å². The maximum Gasteiger partial charge on any atom is 0.110 e. The quantitative estimate of drug-likeness (QED) is 0.530. The fourth-order valence-corrected chi connectivity index (χ4v) is 2.21. The summed E-state index contributed by atoms with van der Waals surface area (Å²) in [5, 5.41) is 18.8. The lowest BCUT2D eigenvalue weighted by atomic mass is 9.97. The third-order valence-electron chi connectivity index (χ3n) is 4.29. The summed E-state index contributed by atoms with van der Waals surface area (Å²) in [6, 6.07) is 0. The van der Waals surface area contributed by atoms with Gasteiger partial charge < -0.3 is 14.9 Å². The minimum Gasteiger partial charge on any atom is -0.394 e. The van der Waals surface area contributed by atoms with E-state index in [0.717, 1.165) is 31.3 Å². The van der Waals surface area contributed by atoms with Crippen molar-refractivity contribution in [2.75, 3.05) is 6.61 Å². The average molecular weight is 282 g/mol. The highest BCUT2D eigenvalue weighted by Crippen LogP contribution is 2.39. The number of ether oxygens (including phenoxy) is 1. The van der Waals surface area contributed by atoms with Crippen molar-refractivity contribution in [1.29, 1.82) is 0 Å². The summed E-state index contributed by atoms with van der Waals surface area (Å²) in [5.41, 5.74) is 1.57. The Bertz CT molecular complexity index is 376. The number of allylic oxidation sites excluding steroid dienone is 3. The molecule has 2 N–H and O–H groups in total. The van der Waals surface area contributed by atoms with Gasteiger partial charge in [-0.2, -0.15) is 0 Å². The number of aliphatic hydroxyl groups is 2. The van der Waals surface area contributed by atoms with Crippen LogP contribution in [0.15, 0.2) is 23.3 Å². The molecule has 3 nitrogen and oxygen atoms in total. The first-order valence-corrected chi connectivity index (χ1v) is 7.53. The maximum atomic E-state index is 9.82. The minimum absolute atomic E-state index is 0.0357. The van der Waals surface area contributed by atoms with Gasteiger partial charge in [0.15, 0.2) is 0 Å². The van der Waals surface area contributed by atoms with Gasteiger partial charge in [-0.25, -0.2) is 0 Å². The van der Waals surface area contributed by atoms with Crippen molar-refractivity contribution in [3.05, 3.63) is 23.3 Å². The van der Waals surface area contributed by atoms with Crippen molar-refractivity contribution in [2.45, 2.75) is 77.6 Å². The molecule has 0 amide bonds. The lowest BCUT2D eigenvalue weighted by Gasteiger charge is -2.18. The molecule has 1 saturated heterocycles. The van der Waals surface area contributed by atoms with Crippen LogP contribution in [0.5, 0.6) is 0 Å². The highest BCUT2D eigenvalue weighted by Gasteiger charge is 2.50. The SMILES string of the molecule is C/C(=C\CC[C@]1(C)O[C@H]1CO)CC/C=C(\C)C(C)(C)O. The van der Waals surface area contributed by atoms with Crippen molar-refractivity contribution >= 4 is 0 Å². The van der Waals surface area contributed by atoms with E-state index in [1.165, 1.54) is 5.57 Å². The molecule has 0 aliphatic carbocycles. The summed E-state index contributed by atoms with van der Waals surface area (Å²) in [7, 11) is 0. The molecule has 0 radical (unpaired) electrons. The highest BCUT2D eigenvalue weighted by atomic mass is 16.6. The van der Waals surface area contributed by atoms with Gasteiger partial charge in [0.05, 0.1) is 17.8 Å². The average Bonchev–Trinajstić information content (AvgIpc) is 2.99. The van der Waals surface area contributed by atoms with Crippen LogP contribution in [0.3, 0.4) is 0 Å². The van der Waals surface area contributed by atoms with Crippen LogP contribution in [0.2, 0.25) is 0 Å². The third kappa shape index (κ3) is 5.39. The first kappa shape index (κ1) is 17.4. The van der Waals surface area contributed by atoms with Gasteiger partial charge in [0.25, 0.3) is 0 Å². The number of hydrogen-bond acceptors (Lipinski definition) is 3. The molecular weight excluding hydrogens is 252 g/mol. The number of hydrogen-bond donors (Lipinski definition) is 2. The van der Waals surface area contributed by atoms with Gasteiger partial charge in [0.1, 0.15) is 6.10 Å². The molecule has 1 aliphatic heterocycles. The van der Waals surface area contributed by atoms with Crippen molar-refractivity contribution in [2.24, 2.45) is 0 Å². The predicted molar refractivity (Wildman–Crippen MR) is 82.6 cm³/mol. The lowest BCUT2D eigenvalue weighted by Crippen LogP contribution is -2.19. The van der Waals surface area contributed by atoms with Gasteiger partial charge in [-0.1, -0.05) is 17.7 Å². The zero-order valence-electron chi connectivity index (χ0n) is 13.6. The monoisotopic (exact) mass is 282 g/mol. The molecule has 0 bridgehead atoms. The van der Waals surface area contributed by atoms with Crippen LogP contribution < -0.4 is 0 Å². The van der Waals surface area contributed by atoms with E-state index < -0.39 is 5.60 Å². The molecule has 0 aromatic rings. The Kier molecular flexibility index (Phi) is 5.99. The standard InChI is InChI=1S/C17H30O3/c1-13(8-6-10-14(2)16(3,4)19)9-7-11-17(5)15(12-18)20-17/h9-10,15,18-19H,6-8,11-12H2,1-5H3/b13-9+,14-10+/t15-,17-/m0/s1. The topological polar surface area (TPSA) is 53.0 Å². The van der Waals surface area contributed by atoms with E-state index in [1.807, 2.05) is 20.8 Å². The smallest absolute Gasteiger partial charge is 0.110 e. The Morgan fingerprint density at radius 3 is 2.40 bits per heavy atom. The molecule has 0 saturated carbocycles. The first-order valence-electron chi connectivity index (χ1n) is 7.53. The summed E-state index contributed by atoms with van der Waals surface area (Å²) in [6.45, 7) is 9.93. The molecule has 20 heavy (non-hydrogen) atoms. The van der Waals surface area contributed by atoms with E-state index in [-0.39, 0.29) is 18.3 Å². The van der Waals surface area contributed by atoms with E-state index >= 15 is 0 Å². The molecule has 0 aromatic carbocycles. The number of epoxide rings is 1. The van der Waals surface area contributed by atoms with E-state index in [0.29, 0.717) is 0 Å². The lowest BCUT2D eigenvalue weighted by molar-refractivity contribution is 0.119. The third-order valence-corrected chi connectivity index (χ3v) is 4.29. The Morgan fingerprint density at radius 1 is 1.25 bits per heavy atom. The normalized spacial score (nSPS) is 27.9. The zero-order chi connectivity index (χ0) is 15.4. The van der Waals surface area contributed by atoms with Crippen LogP contribution in [-0.2, 0) is 4.74 Å². The van der Waals surface area contributed by atoms with Gasteiger partial charge in [-0.15, -0.1) is 0 Å². The molecule has 2 atom stereocenters. The summed E-state index contributed by atoms with van der Waals surface area (Å²) >= 11 is 0. The molecule has 0 spiro atoms. The Labute approximate surface area is 123 Å². The maximum absolute atomic E-state index is 9.82. The fraction of sp³-hybridized carbons (Fsp3) is 0.765. The molecular formula is C17H30O3. The van der Waals surface area contributed by atoms with E-state index in [4.69, 9.17) is 9.84 Å². The van der Waals surface area contributed by atoms with Gasteiger partial charge in [0.2, 0.25) is 0 Å².